The van der Waals surface area contributed by atoms with Crippen LogP contribution in [0.4, 0.5) is 0 Å². The van der Waals surface area contributed by atoms with Gasteiger partial charge in [0.05, 0.1) is 20.8 Å². The zero-order chi connectivity index (χ0) is 20.5. The van der Waals surface area contributed by atoms with Crippen molar-refractivity contribution in [2.75, 3.05) is 27.3 Å². The lowest BCUT2D eigenvalue weighted by molar-refractivity contribution is -0.145. The second kappa shape index (κ2) is 11.1. The van der Waals surface area contributed by atoms with E-state index in [1.165, 1.54) is 19.1 Å². The molecule has 0 aromatic heterocycles. The van der Waals surface area contributed by atoms with E-state index < -0.39 is 6.04 Å². The third-order valence-corrected chi connectivity index (χ3v) is 5.24. The van der Waals surface area contributed by atoms with Crippen molar-refractivity contribution in [2.24, 2.45) is 5.92 Å². The van der Waals surface area contributed by atoms with Crippen molar-refractivity contribution >= 4 is 11.9 Å². The van der Waals surface area contributed by atoms with Crippen LogP contribution in [0.3, 0.4) is 0 Å². The van der Waals surface area contributed by atoms with Gasteiger partial charge >= 0.3 is 5.97 Å². The molecular formula is C22H34N2O4. The predicted molar refractivity (Wildman–Crippen MR) is 109 cm³/mol. The zero-order valence-electron chi connectivity index (χ0n) is 17.6. The number of nitrogens with zero attached hydrogens (tertiary/aromatic N) is 1. The van der Waals surface area contributed by atoms with Crippen LogP contribution in [0.15, 0.2) is 24.3 Å². The molecule has 1 N–H and O–H groups in total. The van der Waals surface area contributed by atoms with E-state index in [0.29, 0.717) is 6.42 Å². The van der Waals surface area contributed by atoms with Crippen LogP contribution in [0.1, 0.15) is 57.6 Å². The molecule has 2 atom stereocenters. The molecule has 0 saturated carbocycles. The van der Waals surface area contributed by atoms with Crippen LogP contribution in [-0.2, 0) is 14.3 Å². The van der Waals surface area contributed by atoms with E-state index in [9.17, 15) is 9.59 Å². The number of likely N-dealkylation sites (tertiary alicyclic amines) is 1. The first-order chi connectivity index (χ1) is 13.4. The Morgan fingerprint density at radius 3 is 2.46 bits per heavy atom. The van der Waals surface area contributed by atoms with Crippen molar-refractivity contribution in [3.63, 3.8) is 0 Å². The van der Waals surface area contributed by atoms with Gasteiger partial charge in [0, 0.05) is 6.04 Å². The second-order valence-electron chi connectivity index (χ2n) is 7.88. The molecule has 1 fully saturated rings. The van der Waals surface area contributed by atoms with Gasteiger partial charge in [0.25, 0.3) is 0 Å². The average molecular weight is 391 g/mol. The molecule has 156 valence electrons. The Kier molecular flexibility index (Phi) is 8.77. The molecule has 1 aromatic rings. The summed E-state index contributed by atoms with van der Waals surface area (Å²) >= 11 is 0. The minimum Gasteiger partial charge on any atom is -0.497 e. The van der Waals surface area contributed by atoms with Gasteiger partial charge in [-0.2, -0.15) is 0 Å². The standard InChI is InChI=1S/C22H34N2O4/c1-16(2)14-19(22(26)28-4)23-21(25)15-24-13-7-5-6-8-20(24)17-9-11-18(27-3)12-10-17/h9-12,16,19-20H,5-8,13-15H2,1-4H3,(H,23,25). The number of benzene rings is 1. The van der Waals surface area contributed by atoms with Gasteiger partial charge in [-0.25, -0.2) is 4.79 Å². The van der Waals surface area contributed by atoms with Crippen molar-refractivity contribution in [1.29, 1.82) is 0 Å². The lowest BCUT2D eigenvalue weighted by atomic mass is 10.0. The topological polar surface area (TPSA) is 67.9 Å². The van der Waals surface area contributed by atoms with Gasteiger partial charge in [-0.1, -0.05) is 38.8 Å². The zero-order valence-corrected chi connectivity index (χ0v) is 17.6. The molecule has 0 radical (unpaired) electrons. The smallest absolute Gasteiger partial charge is 0.328 e. The second-order valence-corrected chi connectivity index (χ2v) is 7.88. The summed E-state index contributed by atoms with van der Waals surface area (Å²) in [4.78, 5) is 27.0. The van der Waals surface area contributed by atoms with E-state index in [1.54, 1.807) is 7.11 Å². The molecule has 6 heteroatoms. The molecule has 1 amide bonds. The fourth-order valence-electron chi connectivity index (χ4n) is 3.81. The normalized spacial score (nSPS) is 19.0. The molecular weight excluding hydrogens is 356 g/mol. The highest BCUT2D eigenvalue weighted by molar-refractivity contribution is 5.85. The molecule has 1 heterocycles. The third kappa shape index (κ3) is 6.51. The number of rotatable bonds is 8. The summed E-state index contributed by atoms with van der Waals surface area (Å²) in [6.07, 6.45) is 4.98. The molecule has 2 rings (SSSR count). The summed E-state index contributed by atoms with van der Waals surface area (Å²) in [7, 11) is 3.02. The largest absolute Gasteiger partial charge is 0.497 e. The van der Waals surface area contributed by atoms with E-state index in [-0.39, 0.29) is 30.4 Å². The van der Waals surface area contributed by atoms with E-state index in [4.69, 9.17) is 9.47 Å². The first kappa shape index (κ1) is 22.2. The highest BCUT2D eigenvalue weighted by atomic mass is 16.5. The molecule has 28 heavy (non-hydrogen) atoms. The van der Waals surface area contributed by atoms with Gasteiger partial charge < -0.3 is 14.8 Å². The SMILES string of the molecule is COC(=O)C(CC(C)C)NC(=O)CN1CCCCCC1c1ccc(OC)cc1. The number of ether oxygens (including phenoxy) is 2. The van der Waals surface area contributed by atoms with Crippen LogP contribution in [-0.4, -0.2) is 50.1 Å². The highest BCUT2D eigenvalue weighted by Crippen LogP contribution is 2.30. The maximum atomic E-state index is 12.7. The predicted octanol–water partition coefficient (Wildman–Crippen LogP) is 3.32. The maximum absolute atomic E-state index is 12.7. The van der Waals surface area contributed by atoms with E-state index in [1.807, 2.05) is 26.0 Å². The molecule has 6 nitrogen and oxygen atoms in total. The molecule has 0 aliphatic carbocycles. The number of nitrogens with one attached hydrogen (secondary N) is 1. The number of amides is 1. The quantitative estimate of drug-likeness (QED) is 0.690. The van der Waals surface area contributed by atoms with Crippen molar-refractivity contribution in [2.45, 2.75) is 58.0 Å². The number of carbonyl (C=O) groups is 2. The van der Waals surface area contributed by atoms with E-state index >= 15 is 0 Å². The molecule has 1 saturated heterocycles. The molecule has 0 bridgehead atoms. The molecule has 2 unspecified atom stereocenters. The van der Waals surface area contributed by atoms with Crippen molar-refractivity contribution < 1.29 is 19.1 Å². The fourth-order valence-corrected chi connectivity index (χ4v) is 3.81. The van der Waals surface area contributed by atoms with Crippen LogP contribution in [0, 0.1) is 5.92 Å². The van der Waals surface area contributed by atoms with E-state index in [2.05, 4.69) is 22.3 Å². The van der Waals surface area contributed by atoms with Crippen LogP contribution in [0.5, 0.6) is 5.75 Å². The summed E-state index contributed by atoms with van der Waals surface area (Å²) in [5.41, 5.74) is 1.20. The minimum atomic E-state index is -0.594. The average Bonchev–Trinajstić information content (AvgIpc) is 2.92. The molecule has 1 aromatic carbocycles. The van der Waals surface area contributed by atoms with Gasteiger partial charge in [0.15, 0.2) is 0 Å². The van der Waals surface area contributed by atoms with Crippen LogP contribution >= 0.6 is 0 Å². The fraction of sp³-hybridized carbons (Fsp3) is 0.636. The molecule has 1 aliphatic heterocycles. The van der Waals surface area contributed by atoms with Gasteiger partial charge in [0.2, 0.25) is 5.91 Å². The van der Waals surface area contributed by atoms with Gasteiger partial charge in [-0.05, 0) is 49.4 Å². The summed E-state index contributed by atoms with van der Waals surface area (Å²) in [6.45, 7) is 5.20. The summed E-state index contributed by atoms with van der Waals surface area (Å²) < 4.78 is 10.1. The monoisotopic (exact) mass is 390 g/mol. The Bertz CT molecular complexity index is 630. The Morgan fingerprint density at radius 1 is 1.14 bits per heavy atom. The highest BCUT2D eigenvalue weighted by Gasteiger charge is 2.27. The Morgan fingerprint density at radius 2 is 1.86 bits per heavy atom. The van der Waals surface area contributed by atoms with Crippen molar-refractivity contribution in [3.05, 3.63) is 29.8 Å². The Balaban J connectivity index is 2.08. The third-order valence-electron chi connectivity index (χ3n) is 5.24. The van der Waals surface area contributed by atoms with Gasteiger partial charge in [-0.15, -0.1) is 0 Å². The molecule has 1 aliphatic rings. The maximum Gasteiger partial charge on any atom is 0.328 e. The summed E-state index contributed by atoms with van der Waals surface area (Å²) in [5, 5.41) is 2.88. The van der Waals surface area contributed by atoms with Crippen LogP contribution in [0.2, 0.25) is 0 Å². The minimum absolute atomic E-state index is 0.128. The molecule has 0 spiro atoms. The van der Waals surface area contributed by atoms with Gasteiger partial charge in [0.1, 0.15) is 11.8 Å². The number of carbonyl (C=O) groups excluding carboxylic acids is 2. The van der Waals surface area contributed by atoms with E-state index in [0.717, 1.165) is 31.6 Å². The van der Waals surface area contributed by atoms with Crippen molar-refractivity contribution in [1.82, 2.24) is 10.2 Å². The number of esters is 1. The lowest BCUT2D eigenvalue weighted by Gasteiger charge is -2.30. The Hall–Kier alpha value is -2.08. The first-order valence-corrected chi connectivity index (χ1v) is 10.2. The Labute approximate surface area is 168 Å². The first-order valence-electron chi connectivity index (χ1n) is 10.2. The van der Waals surface area contributed by atoms with Crippen LogP contribution in [0.25, 0.3) is 0 Å². The van der Waals surface area contributed by atoms with Gasteiger partial charge in [-0.3, -0.25) is 9.69 Å². The summed E-state index contributed by atoms with van der Waals surface area (Å²) in [6, 6.07) is 7.69. The number of methoxy groups -OCH3 is 2. The van der Waals surface area contributed by atoms with Crippen molar-refractivity contribution in [3.8, 4) is 5.75 Å². The lowest BCUT2D eigenvalue weighted by Crippen LogP contribution is -2.47. The number of hydrogen-bond acceptors (Lipinski definition) is 5. The summed E-state index contributed by atoms with van der Waals surface area (Å²) in [5.74, 6) is 0.604. The van der Waals surface area contributed by atoms with Crippen LogP contribution < -0.4 is 10.1 Å². The number of hydrogen-bond donors (Lipinski definition) is 1.